The predicted molar refractivity (Wildman–Crippen MR) is 44.7 cm³/mol. The molecule has 0 unspecified atom stereocenters. The van der Waals surface area contributed by atoms with E-state index in [1.807, 2.05) is 18.2 Å². The molecule has 51 valence electrons. The summed E-state index contributed by atoms with van der Waals surface area (Å²) in [4.78, 5) is 0. The monoisotopic (exact) mass is 131 g/mol. The Labute approximate surface area is 62.2 Å². The van der Waals surface area contributed by atoms with Crippen LogP contribution in [0.1, 0.15) is 18.1 Å². The first-order valence-electron chi connectivity index (χ1n) is 3.49. The molecule has 0 aliphatic carbocycles. The molecule has 0 saturated heterocycles. The lowest BCUT2D eigenvalue weighted by Crippen LogP contribution is -1.79. The van der Waals surface area contributed by atoms with Crippen LogP contribution in [0, 0.1) is 6.07 Å². The van der Waals surface area contributed by atoms with Crippen molar-refractivity contribution < 1.29 is 0 Å². The van der Waals surface area contributed by atoms with Crippen LogP contribution in [-0.2, 0) is 6.42 Å². The topological polar surface area (TPSA) is 0 Å². The van der Waals surface area contributed by atoms with Crippen LogP contribution in [-0.4, -0.2) is 0 Å². The van der Waals surface area contributed by atoms with Gasteiger partial charge < -0.3 is 0 Å². The maximum Gasteiger partial charge on any atom is -0.0175 e. The Kier molecular flexibility index (Phi) is 2.27. The van der Waals surface area contributed by atoms with E-state index in [-0.39, 0.29) is 0 Å². The van der Waals surface area contributed by atoms with Gasteiger partial charge in [-0.1, -0.05) is 31.7 Å². The van der Waals surface area contributed by atoms with Gasteiger partial charge in [0, 0.05) is 0 Å². The van der Waals surface area contributed by atoms with E-state index in [0.717, 1.165) is 12.0 Å². The highest BCUT2D eigenvalue weighted by atomic mass is 13.9. The van der Waals surface area contributed by atoms with Crippen molar-refractivity contribution in [3.63, 3.8) is 0 Å². The lowest BCUT2D eigenvalue weighted by Gasteiger charge is -1.95. The Balaban J connectivity index is 2.98. The van der Waals surface area contributed by atoms with Crippen LogP contribution >= 0.6 is 0 Å². The van der Waals surface area contributed by atoms with Gasteiger partial charge in [0.25, 0.3) is 0 Å². The molecule has 0 heterocycles. The highest BCUT2D eigenvalue weighted by molar-refractivity contribution is 5.47. The smallest absolute Gasteiger partial charge is 0.0175 e. The molecule has 0 bridgehead atoms. The van der Waals surface area contributed by atoms with E-state index in [1.165, 1.54) is 5.56 Å². The maximum absolute atomic E-state index is 3.69. The second-order valence-electron chi connectivity index (χ2n) is 2.23. The summed E-state index contributed by atoms with van der Waals surface area (Å²) in [6.07, 6.45) is 2.91. The van der Waals surface area contributed by atoms with Gasteiger partial charge in [0.1, 0.15) is 0 Å². The molecule has 0 fully saturated rings. The number of benzene rings is 1. The summed E-state index contributed by atoms with van der Waals surface area (Å²) >= 11 is 0. The zero-order valence-corrected chi connectivity index (χ0v) is 6.22. The molecule has 0 saturated carbocycles. The summed E-state index contributed by atoms with van der Waals surface area (Å²) < 4.78 is 0. The molecule has 1 aromatic carbocycles. The fraction of sp³-hybridized carbons (Fsp3) is 0.200. The van der Waals surface area contributed by atoms with Gasteiger partial charge in [-0.25, -0.2) is 0 Å². The largest absolute Gasteiger partial charge is 0.0985 e. The van der Waals surface area contributed by atoms with Gasteiger partial charge in [0.15, 0.2) is 0 Å². The molecular formula is C10H11. The molecule has 0 N–H and O–H groups in total. The number of aryl methyl sites for hydroxylation is 1. The van der Waals surface area contributed by atoms with Crippen molar-refractivity contribution in [2.75, 3.05) is 0 Å². The molecular weight excluding hydrogens is 120 g/mol. The third-order valence-electron chi connectivity index (χ3n) is 1.51. The van der Waals surface area contributed by atoms with Gasteiger partial charge in [-0.2, -0.15) is 0 Å². The van der Waals surface area contributed by atoms with Gasteiger partial charge in [0.2, 0.25) is 0 Å². The average Bonchev–Trinajstić information content (AvgIpc) is 2.05. The lowest BCUT2D eigenvalue weighted by molar-refractivity contribution is 1.14. The van der Waals surface area contributed by atoms with Crippen molar-refractivity contribution in [3.8, 4) is 0 Å². The highest BCUT2D eigenvalue weighted by Crippen LogP contribution is 2.05. The standard InChI is InChI=1S/C10H11/c1-3-9-6-5-7-10(4-2)8-9/h3,6-8H,1,4H2,2H3. The summed E-state index contributed by atoms with van der Waals surface area (Å²) in [5, 5.41) is 0. The van der Waals surface area contributed by atoms with E-state index in [2.05, 4.69) is 25.6 Å². The van der Waals surface area contributed by atoms with Crippen molar-refractivity contribution in [1.82, 2.24) is 0 Å². The summed E-state index contributed by atoms with van der Waals surface area (Å²) in [7, 11) is 0. The number of hydrogen-bond acceptors (Lipinski definition) is 0. The second-order valence-corrected chi connectivity index (χ2v) is 2.23. The highest BCUT2D eigenvalue weighted by Gasteiger charge is 1.88. The Hall–Kier alpha value is -1.04. The fourth-order valence-electron chi connectivity index (χ4n) is 0.864. The van der Waals surface area contributed by atoms with Crippen LogP contribution in [0.2, 0.25) is 0 Å². The van der Waals surface area contributed by atoms with Crippen molar-refractivity contribution in [2.24, 2.45) is 0 Å². The van der Waals surface area contributed by atoms with Gasteiger partial charge >= 0.3 is 0 Å². The SMILES string of the molecule is C=Cc1c[c]cc(CC)c1. The zero-order chi connectivity index (χ0) is 7.40. The Morgan fingerprint density at radius 1 is 1.60 bits per heavy atom. The van der Waals surface area contributed by atoms with Crippen molar-refractivity contribution >= 4 is 6.08 Å². The molecule has 1 aromatic rings. The summed E-state index contributed by atoms with van der Waals surface area (Å²) in [5.74, 6) is 0. The van der Waals surface area contributed by atoms with Crippen LogP contribution in [0.5, 0.6) is 0 Å². The minimum absolute atomic E-state index is 1.07. The molecule has 0 aliphatic rings. The van der Waals surface area contributed by atoms with Crippen molar-refractivity contribution in [2.45, 2.75) is 13.3 Å². The summed E-state index contributed by atoms with van der Waals surface area (Å²) in [6.45, 7) is 5.82. The van der Waals surface area contributed by atoms with Crippen LogP contribution < -0.4 is 0 Å². The molecule has 0 heteroatoms. The first-order valence-corrected chi connectivity index (χ1v) is 3.49. The van der Waals surface area contributed by atoms with Crippen LogP contribution in [0.3, 0.4) is 0 Å². The fourth-order valence-corrected chi connectivity index (χ4v) is 0.864. The van der Waals surface area contributed by atoms with E-state index in [1.54, 1.807) is 0 Å². The average molecular weight is 131 g/mol. The van der Waals surface area contributed by atoms with Crippen molar-refractivity contribution in [1.29, 1.82) is 0 Å². The van der Waals surface area contributed by atoms with E-state index in [9.17, 15) is 0 Å². The molecule has 1 radical (unpaired) electrons. The van der Waals surface area contributed by atoms with Crippen LogP contribution in [0.4, 0.5) is 0 Å². The summed E-state index contributed by atoms with van der Waals surface area (Å²) in [5.41, 5.74) is 2.47. The Bertz CT molecular complexity index is 223. The molecule has 0 nitrogen and oxygen atoms in total. The minimum atomic E-state index is 1.07. The van der Waals surface area contributed by atoms with Crippen LogP contribution in [0.15, 0.2) is 24.8 Å². The first kappa shape index (κ1) is 7.07. The molecule has 0 amide bonds. The third kappa shape index (κ3) is 1.47. The zero-order valence-electron chi connectivity index (χ0n) is 6.22. The third-order valence-corrected chi connectivity index (χ3v) is 1.51. The van der Waals surface area contributed by atoms with Gasteiger partial charge in [-0.15, -0.1) is 0 Å². The van der Waals surface area contributed by atoms with Gasteiger partial charge in [0.05, 0.1) is 0 Å². The summed E-state index contributed by atoms with van der Waals surface area (Å²) in [6, 6.07) is 9.13. The van der Waals surface area contributed by atoms with E-state index in [4.69, 9.17) is 0 Å². The Morgan fingerprint density at radius 3 is 3.00 bits per heavy atom. The Morgan fingerprint density at radius 2 is 2.40 bits per heavy atom. The minimum Gasteiger partial charge on any atom is -0.0985 e. The molecule has 0 aromatic heterocycles. The molecule has 0 aliphatic heterocycles. The van der Waals surface area contributed by atoms with Gasteiger partial charge in [-0.3, -0.25) is 0 Å². The molecule has 0 atom stereocenters. The molecule has 0 spiro atoms. The number of rotatable bonds is 2. The lowest BCUT2D eigenvalue weighted by atomic mass is 10.1. The first-order chi connectivity index (χ1) is 4.86. The van der Waals surface area contributed by atoms with Crippen LogP contribution in [0.25, 0.3) is 6.08 Å². The van der Waals surface area contributed by atoms with Crippen molar-refractivity contribution in [3.05, 3.63) is 42.0 Å². The predicted octanol–water partition coefficient (Wildman–Crippen LogP) is 2.69. The van der Waals surface area contributed by atoms with E-state index < -0.39 is 0 Å². The quantitative estimate of drug-likeness (QED) is 0.579. The maximum atomic E-state index is 3.69. The van der Waals surface area contributed by atoms with Gasteiger partial charge in [-0.05, 0) is 29.7 Å². The van der Waals surface area contributed by atoms with E-state index in [0.29, 0.717) is 0 Å². The van der Waals surface area contributed by atoms with E-state index >= 15 is 0 Å². The second kappa shape index (κ2) is 3.21. The molecule has 1 rings (SSSR count). The molecule has 10 heavy (non-hydrogen) atoms. The normalized spacial score (nSPS) is 9.30. The number of hydrogen-bond donors (Lipinski definition) is 0.